The van der Waals surface area contributed by atoms with E-state index in [9.17, 15) is 62.6 Å². The predicted molar refractivity (Wildman–Crippen MR) is 437 cm³/mol. The first kappa shape index (κ1) is 95.7. The van der Waals surface area contributed by atoms with E-state index in [1.807, 2.05) is 121 Å². The van der Waals surface area contributed by atoms with Gasteiger partial charge < -0.3 is 92.3 Å². The van der Waals surface area contributed by atoms with Crippen molar-refractivity contribution in [3.8, 4) is 0 Å². The molecule has 0 aromatic heterocycles. The summed E-state index contributed by atoms with van der Waals surface area (Å²) < 4.78 is 0. The lowest BCUT2D eigenvalue weighted by molar-refractivity contribution is -0.138. The Kier molecular flexibility index (Phi) is 47.2. The summed E-state index contributed by atoms with van der Waals surface area (Å²) in [5, 5.41) is 42.0. The highest BCUT2D eigenvalue weighted by atomic mass is 16.4. The zero-order chi connectivity index (χ0) is 82.7. The fraction of sp³-hybridized carbons (Fsp3) is 0.571. The van der Waals surface area contributed by atoms with Crippen molar-refractivity contribution in [2.24, 2.45) is 28.7 Å². The number of amides is 11. The summed E-state index contributed by atoms with van der Waals surface area (Å²) in [6, 6.07) is 29.7. The molecule has 0 saturated heterocycles. The highest BCUT2D eigenvalue weighted by Gasteiger charge is 2.29. The quantitative estimate of drug-likeness (QED) is 0.0278. The molecule has 29 heteroatoms. The molecular weight excluding hydrogens is 1440 g/mol. The van der Waals surface area contributed by atoms with Crippen LogP contribution in [0.3, 0.4) is 0 Å². The number of rotatable bonds is 59. The molecule has 11 amide bonds. The molecule has 12 atom stereocenters. The maximum Gasteiger partial charge on any atom is 0.305 e. The van der Waals surface area contributed by atoms with Gasteiger partial charge in [0, 0.05) is 143 Å². The molecule has 624 valence electrons. The number of hydrogen-bond donors (Lipinski definition) is 17. The minimum absolute atomic E-state index is 0.0189. The fourth-order valence-electron chi connectivity index (χ4n) is 13.7. The Labute approximate surface area is 667 Å². The Morgan fingerprint density at radius 3 is 0.655 bits per heavy atom. The number of benzene rings is 4. The third kappa shape index (κ3) is 45.6. The van der Waals surface area contributed by atoms with Crippen LogP contribution in [0.1, 0.15) is 204 Å². The van der Waals surface area contributed by atoms with Crippen molar-refractivity contribution in [1.82, 2.24) is 58.5 Å². The van der Waals surface area contributed by atoms with Crippen LogP contribution < -0.4 is 87.2 Å². The third-order valence-corrected chi connectivity index (χ3v) is 18.9. The van der Waals surface area contributed by atoms with Crippen molar-refractivity contribution in [2.75, 3.05) is 26.2 Å². The summed E-state index contributed by atoms with van der Waals surface area (Å²) in [5.74, 6) is -5.49. The third-order valence-electron chi connectivity index (χ3n) is 18.9. The van der Waals surface area contributed by atoms with Crippen LogP contribution in [0.5, 0.6) is 0 Å². The van der Waals surface area contributed by atoms with Crippen LogP contribution in [0.15, 0.2) is 121 Å². The average Bonchev–Trinajstić information content (AvgIpc) is 0.885. The normalized spacial score (nSPS) is 14.3. The molecule has 113 heavy (non-hydrogen) atoms. The smallest absolute Gasteiger partial charge is 0.305 e. The maximum absolute atomic E-state index is 14.1. The highest BCUT2D eigenvalue weighted by Crippen LogP contribution is 2.17. The number of carboxylic acid groups (broad SMARTS) is 1. The zero-order valence-electron chi connectivity index (χ0n) is 66.8. The van der Waals surface area contributed by atoms with Crippen molar-refractivity contribution in [2.45, 2.75) is 280 Å². The summed E-state index contributed by atoms with van der Waals surface area (Å²) in [6.07, 6.45) is 6.64. The van der Waals surface area contributed by atoms with Crippen molar-refractivity contribution in [1.29, 1.82) is 0 Å². The number of carbonyl (C=O) groups excluding carboxylic acids is 11. The Balaban J connectivity index is 1.35. The van der Waals surface area contributed by atoms with Crippen molar-refractivity contribution in [3.05, 3.63) is 144 Å². The molecule has 22 N–H and O–H groups in total. The van der Waals surface area contributed by atoms with Gasteiger partial charge in [-0.1, -0.05) is 147 Å². The Morgan fingerprint density at radius 2 is 0.442 bits per heavy atom. The molecule has 4 aromatic rings. The molecule has 0 saturated carbocycles. The number of nitrogens with one attached hydrogen (secondary N) is 11. The molecule has 4 aromatic carbocycles. The van der Waals surface area contributed by atoms with E-state index in [0.717, 1.165) is 28.7 Å². The molecule has 4 rings (SSSR count). The number of aliphatic carboxylic acids is 1. The van der Waals surface area contributed by atoms with Gasteiger partial charge >= 0.3 is 5.97 Å². The van der Waals surface area contributed by atoms with Gasteiger partial charge in [-0.25, -0.2) is 0 Å². The minimum Gasteiger partial charge on any atom is -0.481 e. The number of hydrogen-bond acceptors (Lipinski definition) is 17. The van der Waals surface area contributed by atoms with E-state index in [4.69, 9.17) is 28.7 Å². The van der Waals surface area contributed by atoms with Crippen molar-refractivity contribution in [3.63, 3.8) is 0 Å². The topological polar surface area (TPSA) is 487 Å². The number of nitrogens with two attached hydrogens (primary N) is 5. The van der Waals surface area contributed by atoms with E-state index in [1.54, 1.807) is 27.7 Å². The Morgan fingerprint density at radius 1 is 0.257 bits per heavy atom. The van der Waals surface area contributed by atoms with E-state index in [2.05, 4.69) is 58.5 Å². The van der Waals surface area contributed by atoms with Crippen molar-refractivity contribution >= 4 is 70.9 Å². The summed E-state index contributed by atoms with van der Waals surface area (Å²) in [4.78, 5) is 162. The van der Waals surface area contributed by atoms with Crippen LogP contribution in [0.2, 0.25) is 0 Å². The molecule has 0 fully saturated rings. The lowest BCUT2D eigenvalue weighted by atomic mass is 10.0. The monoisotopic (exact) mass is 1570 g/mol. The number of carbonyl (C=O) groups is 12. The maximum atomic E-state index is 14.1. The molecule has 0 bridgehead atoms. The van der Waals surface area contributed by atoms with Gasteiger partial charge in [-0.15, -0.1) is 0 Å². The first-order valence-electron chi connectivity index (χ1n) is 40.3. The van der Waals surface area contributed by atoms with Gasteiger partial charge in [0.25, 0.3) is 0 Å². The first-order chi connectivity index (χ1) is 54.2. The largest absolute Gasteiger partial charge is 0.481 e. The van der Waals surface area contributed by atoms with Gasteiger partial charge in [0.1, 0.15) is 0 Å². The lowest BCUT2D eigenvalue weighted by Crippen LogP contribution is -2.47. The molecule has 0 aliphatic heterocycles. The van der Waals surface area contributed by atoms with E-state index in [-0.39, 0.29) is 108 Å². The SMILES string of the molecule is C[C@H](N)CC(=O)N[C@@H](CCCCN)CC(=O)N[C@H](CC(=O)N[C@@H](C)CC(=O)N[C@@H](CCCCN)CC(=O)N[C@H](CC(=O)N[C@@H](C)CC(=O)N[C@@H](CCCCN)CC(=O)N[C@H](CC(=O)N[C@@H](C)CC(=O)N[C@@H](CCCCN)CC(=O)N[C@H](CC(=O)O)Cc1ccccc1)Cc1ccccc1)Cc1ccccc1)Cc1ccccc1. The number of carboxylic acids is 1. The average molecular weight is 1570 g/mol. The van der Waals surface area contributed by atoms with Gasteiger partial charge in [0.05, 0.1) is 6.42 Å². The highest BCUT2D eigenvalue weighted by molar-refractivity contribution is 5.86. The minimum atomic E-state index is -1.06. The van der Waals surface area contributed by atoms with Gasteiger partial charge in [-0.2, -0.15) is 0 Å². The molecule has 0 heterocycles. The van der Waals surface area contributed by atoms with Crippen LogP contribution in [0.25, 0.3) is 0 Å². The van der Waals surface area contributed by atoms with Crippen LogP contribution >= 0.6 is 0 Å². The van der Waals surface area contributed by atoms with E-state index >= 15 is 0 Å². The van der Waals surface area contributed by atoms with Gasteiger partial charge in [0.2, 0.25) is 65.0 Å². The zero-order valence-corrected chi connectivity index (χ0v) is 66.8. The van der Waals surface area contributed by atoms with Crippen LogP contribution in [0, 0.1) is 0 Å². The van der Waals surface area contributed by atoms with Gasteiger partial charge in [-0.3, -0.25) is 57.5 Å². The Hall–Kier alpha value is -9.68. The summed E-state index contributed by atoms with van der Waals surface area (Å²) in [5.41, 5.74) is 32.5. The van der Waals surface area contributed by atoms with Crippen molar-refractivity contribution < 1.29 is 62.6 Å². The van der Waals surface area contributed by atoms with Crippen LogP contribution in [-0.2, 0) is 83.2 Å². The summed E-state index contributed by atoms with van der Waals surface area (Å²) in [7, 11) is 0. The van der Waals surface area contributed by atoms with E-state index in [1.165, 1.54) is 0 Å². The Bertz CT molecular complexity index is 3490. The lowest BCUT2D eigenvalue weighted by Gasteiger charge is -2.24. The van der Waals surface area contributed by atoms with Crippen LogP contribution in [0.4, 0.5) is 0 Å². The molecular formula is C84H130N16O13. The van der Waals surface area contributed by atoms with Gasteiger partial charge in [-0.05, 0) is 153 Å². The first-order valence-corrected chi connectivity index (χ1v) is 40.3. The molecule has 0 aliphatic carbocycles. The van der Waals surface area contributed by atoms with Crippen LogP contribution in [-0.4, -0.2) is 175 Å². The van der Waals surface area contributed by atoms with Gasteiger partial charge in [0.15, 0.2) is 0 Å². The second-order valence-electron chi connectivity index (χ2n) is 30.2. The fourth-order valence-corrected chi connectivity index (χ4v) is 13.7. The predicted octanol–water partition coefficient (Wildman–Crippen LogP) is 3.98. The van der Waals surface area contributed by atoms with E-state index in [0.29, 0.717) is 110 Å². The second-order valence-corrected chi connectivity index (χ2v) is 30.2. The molecule has 0 aliphatic rings. The standard InChI is InChI=1S/C84H130N16O13/c1-57(89)41-73(101)93-65(33-17-21-37-85)49-80(108)97-69(45-61-25-9-5-10-26-61)53-77(105)90-58(2)42-74(102)94-66(34-18-22-38-86)50-81(109)98-70(46-62-27-11-6-12-28-62)54-78(106)91-59(3)43-75(103)95-67(35-19-23-39-87)51-82(110)99-71(47-63-29-13-7-14-30-63)55-79(107)92-60(4)44-76(104)96-68(36-20-24-40-88)52-83(111)100-72(56-84(112)113)48-64-31-15-8-16-32-64/h5-16,25-32,57-60,65-72H,17-24,33-56,85-89H2,1-4H3,(H,90,105)(H,91,106)(H,92,107)(H,93,101)(H,94,102)(H,95,103)(H,96,104)(H,97,108)(H,98,109)(H,99,110)(H,100,111)(H,112,113)/t57-,58-,59-,60-,65-,66-,67-,68-,69-,70-,71-,72-/m0/s1. The molecule has 0 spiro atoms. The van der Waals surface area contributed by atoms with E-state index < -0.39 is 126 Å². The molecule has 0 radical (unpaired) electrons. The summed E-state index contributed by atoms with van der Waals surface area (Å²) in [6.45, 7) is 8.41. The molecule has 29 nitrogen and oxygen atoms in total. The number of unbranched alkanes of at least 4 members (excludes halogenated alkanes) is 4. The second kappa shape index (κ2) is 55.7. The molecule has 0 unspecified atom stereocenters. The summed E-state index contributed by atoms with van der Waals surface area (Å²) >= 11 is 0.